The fourth-order valence-corrected chi connectivity index (χ4v) is 2.22. The third-order valence-corrected chi connectivity index (χ3v) is 3.66. The first-order chi connectivity index (χ1) is 10.9. The van der Waals surface area contributed by atoms with Gasteiger partial charge < -0.3 is 10.6 Å². The monoisotopic (exact) mass is 333 g/mol. The van der Waals surface area contributed by atoms with Crippen molar-refractivity contribution in [2.24, 2.45) is 0 Å². The van der Waals surface area contributed by atoms with Crippen molar-refractivity contribution in [3.05, 3.63) is 62.7 Å². The summed E-state index contributed by atoms with van der Waals surface area (Å²) < 4.78 is 0. The molecular formula is C16H16ClN3O3. The maximum atomic E-state index is 12.3. The molecule has 0 atom stereocenters. The van der Waals surface area contributed by atoms with Crippen LogP contribution in [0.2, 0.25) is 5.02 Å². The van der Waals surface area contributed by atoms with Gasteiger partial charge in [0.05, 0.1) is 4.92 Å². The van der Waals surface area contributed by atoms with E-state index < -0.39 is 10.8 Å². The van der Waals surface area contributed by atoms with Crippen molar-refractivity contribution in [2.45, 2.75) is 13.8 Å². The minimum atomic E-state index is -0.516. The SMILES string of the molecule is CCNc1ccc(C(=O)Nc2ccc(C)c(Cl)c2)cc1[N+](=O)[O-]. The number of nitro groups is 1. The van der Waals surface area contributed by atoms with E-state index in [0.717, 1.165) is 5.56 Å². The Labute approximate surface area is 138 Å². The predicted octanol–water partition coefficient (Wildman–Crippen LogP) is 4.24. The van der Waals surface area contributed by atoms with Gasteiger partial charge in [0.25, 0.3) is 11.6 Å². The first-order valence-electron chi connectivity index (χ1n) is 7.02. The van der Waals surface area contributed by atoms with Crippen LogP contribution in [0.3, 0.4) is 0 Å². The van der Waals surface area contributed by atoms with Gasteiger partial charge in [-0.25, -0.2) is 0 Å². The molecule has 2 N–H and O–H groups in total. The van der Waals surface area contributed by atoms with Crippen LogP contribution in [0, 0.1) is 17.0 Å². The third-order valence-electron chi connectivity index (χ3n) is 3.25. The number of hydrogen-bond acceptors (Lipinski definition) is 4. The zero-order valence-electron chi connectivity index (χ0n) is 12.7. The highest BCUT2D eigenvalue weighted by molar-refractivity contribution is 6.31. The third kappa shape index (κ3) is 3.98. The molecule has 6 nitrogen and oxygen atoms in total. The highest BCUT2D eigenvalue weighted by atomic mass is 35.5. The highest BCUT2D eigenvalue weighted by Crippen LogP contribution is 2.26. The quantitative estimate of drug-likeness (QED) is 0.633. The Morgan fingerprint density at radius 3 is 2.61 bits per heavy atom. The average Bonchev–Trinajstić information content (AvgIpc) is 2.51. The van der Waals surface area contributed by atoms with Gasteiger partial charge in [0, 0.05) is 28.9 Å². The number of halogens is 1. The lowest BCUT2D eigenvalue weighted by molar-refractivity contribution is -0.384. The average molecular weight is 334 g/mol. The van der Waals surface area contributed by atoms with Crippen molar-refractivity contribution in [2.75, 3.05) is 17.2 Å². The molecule has 0 aliphatic carbocycles. The number of amides is 1. The Balaban J connectivity index is 2.26. The lowest BCUT2D eigenvalue weighted by atomic mass is 10.1. The highest BCUT2D eigenvalue weighted by Gasteiger charge is 2.17. The van der Waals surface area contributed by atoms with E-state index in [1.165, 1.54) is 18.2 Å². The summed E-state index contributed by atoms with van der Waals surface area (Å²) in [5.74, 6) is -0.434. The van der Waals surface area contributed by atoms with Gasteiger partial charge in [0.2, 0.25) is 0 Å². The van der Waals surface area contributed by atoms with Gasteiger partial charge in [-0.15, -0.1) is 0 Å². The molecule has 0 bridgehead atoms. The van der Waals surface area contributed by atoms with Gasteiger partial charge in [-0.3, -0.25) is 14.9 Å². The molecule has 0 aromatic heterocycles. The molecule has 0 unspecified atom stereocenters. The van der Waals surface area contributed by atoms with Gasteiger partial charge >= 0.3 is 0 Å². The van der Waals surface area contributed by atoms with Crippen molar-refractivity contribution >= 4 is 34.6 Å². The van der Waals surface area contributed by atoms with E-state index in [1.807, 2.05) is 13.8 Å². The topological polar surface area (TPSA) is 84.3 Å². The number of nitro benzene ring substituents is 1. The number of aryl methyl sites for hydroxylation is 1. The van der Waals surface area contributed by atoms with Crippen LogP contribution in [-0.4, -0.2) is 17.4 Å². The second-order valence-corrected chi connectivity index (χ2v) is 5.34. The Bertz CT molecular complexity index is 762. The molecule has 2 aromatic carbocycles. The molecule has 0 saturated carbocycles. The zero-order chi connectivity index (χ0) is 17.0. The van der Waals surface area contributed by atoms with E-state index in [1.54, 1.807) is 18.2 Å². The maximum Gasteiger partial charge on any atom is 0.293 e. The molecular weight excluding hydrogens is 318 g/mol. The summed E-state index contributed by atoms with van der Waals surface area (Å²) in [6, 6.07) is 9.46. The fraction of sp³-hybridized carbons (Fsp3) is 0.188. The second-order valence-electron chi connectivity index (χ2n) is 4.94. The number of anilines is 2. The molecule has 23 heavy (non-hydrogen) atoms. The largest absolute Gasteiger partial charge is 0.380 e. The van der Waals surface area contributed by atoms with Crippen LogP contribution >= 0.6 is 11.6 Å². The minimum absolute atomic E-state index is 0.138. The number of rotatable bonds is 5. The lowest BCUT2D eigenvalue weighted by Crippen LogP contribution is -2.13. The van der Waals surface area contributed by atoms with Crippen molar-refractivity contribution in [1.82, 2.24) is 0 Å². The molecule has 7 heteroatoms. The van der Waals surface area contributed by atoms with E-state index in [4.69, 9.17) is 11.6 Å². The number of carbonyl (C=O) groups excluding carboxylic acids is 1. The predicted molar refractivity (Wildman–Crippen MR) is 91.4 cm³/mol. The Morgan fingerprint density at radius 1 is 1.26 bits per heavy atom. The summed E-state index contributed by atoms with van der Waals surface area (Å²) in [4.78, 5) is 22.9. The van der Waals surface area contributed by atoms with E-state index in [-0.39, 0.29) is 11.3 Å². The van der Waals surface area contributed by atoms with Gasteiger partial charge in [-0.2, -0.15) is 0 Å². The van der Waals surface area contributed by atoms with E-state index >= 15 is 0 Å². The smallest absolute Gasteiger partial charge is 0.293 e. The van der Waals surface area contributed by atoms with Gasteiger partial charge in [-0.05, 0) is 43.7 Å². The van der Waals surface area contributed by atoms with Crippen LogP contribution in [0.5, 0.6) is 0 Å². The molecule has 2 aromatic rings. The summed E-state index contributed by atoms with van der Waals surface area (Å²) in [6.07, 6.45) is 0. The van der Waals surface area contributed by atoms with E-state index in [2.05, 4.69) is 10.6 Å². The van der Waals surface area contributed by atoms with Gasteiger partial charge in [0.15, 0.2) is 0 Å². The normalized spacial score (nSPS) is 10.2. The second kappa shape index (κ2) is 7.11. The fourth-order valence-electron chi connectivity index (χ4n) is 2.04. The van der Waals surface area contributed by atoms with Crippen LogP contribution in [0.4, 0.5) is 17.1 Å². The van der Waals surface area contributed by atoms with Gasteiger partial charge in [-0.1, -0.05) is 17.7 Å². The van der Waals surface area contributed by atoms with Crippen LogP contribution in [0.1, 0.15) is 22.8 Å². The minimum Gasteiger partial charge on any atom is -0.380 e. The molecule has 120 valence electrons. The van der Waals surface area contributed by atoms with Crippen LogP contribution < -0.4 is 10.6 Å². The number of carbonyl (C=O) groups is 1. The number of nitrogens with one attached hydrogen (secondary N) is 2. The van der Waals surface area contributed by atoms with Crippen molar-refractivity contribution in [3.8, 4) is 0 Å². The summed E-state index contributed by atoms with van der Waals surface area (Å²) in [5, 5.41) is 17.2. The molecule has 0 heterocycles. The molecule has 0 radical (unpaired) electrons. The summed E-state index contributed by atoms with van der Waals surface area (Å²) in [6.45, 7) is 4.25. The Morgan fingerprint density at radius 2 is 2.00 bits per heavy atom. The molecule has 0 spiro atoms. The van der Waals surface area contributed by atoms with Crippen LogP contribution in [0.25, 0.3) is 0 Å². The zero-order valence-corrected chi connectivity index (χ0v) is 13.5. The summed E-state index contributed by atoms with van der Waals surface area (Å²) in [5.41, 5.74) is 1.88. The molecule has 0 saturated heterocycles. The molecule has 0 aliphatic heterocycles. The Hall–Kier alpha value is -2.60. The standard InChI is InChI=1S/C16H16ClN3O3/c1-3-18-14-7-5-11(8-15(14)20(22)23)16(21)19-12-6-4-10(2)13(17)9-12/h4-9,18H,3H2,1-2H3,(H,19,21). The van der Waals surface area contributed by atoms with Crippen molar-refractivity contribution < 1.29 is 9.72 Å². The number of hydrogen-bond donors (Lipinski definition) is 2. The molecule has 1 amide bonds. The number of nitrogens with zero attached hydrogens (tertiary/aromatic N) is 1. The Kier molecular flexibility index (Phi) is 5.18. The summed E-state index contributed by atoms with van der Waals surface area (Å²) in [7, 11) is 0. The van der Waals surface area contributed by atoms with Crippen molar-refractivity contribution in [1.29, 1.82) is 0 Å². The first kappa shape index (κ1) is 16.8. The van der Waals surface area contributed by atoms with E-state index in [0.29, 0.717) is 22.9 Å². The van der Waals surface area contributed by atoms with Gasteiger partial charge in [0.1, 0.15) is 5.69 Å². The van der Waals surface area contributed by atoms with Crippen molar-refractivity contribution in [3.63, 3.8) is 0 Å². The van der Waals surface area contributed by atoms with E-state index in [9.17, 15) is 14.9 Å². The molecule has 0 fully saturated rings. The molecule has 0 aliphatic rings. The first-order valence-corrected chi connectivity index (χ1v) is 7.40. The van der Waals surface area contributed by atoms with Crippen LogP contribution in [-0.2, 0) is 0 Å². The summed E-state index contributed by atoms with van der Waals surface area (Å²) >= 11 is 6.02. The van der Waals surface area contributed by atoms with Crippen LogP contribution in [0.15, 0.2) is 36.4 Å². The lowest BCUT2D eigenvalue weighted by Gasteiger charge is -2.09. The molecule has 2 rings (SSSR count). The number of benzene rings is 2. The maximum absolute atomic E-state index is 12.3.